The molecule has 2 aromatic carbocycles. The molecule has 0 unspecified atom stereocenters. The number of esters is 2. The van der Waals surface area contributed by atoms with Crippen LogP contribution in [0.25, 0.3) is 0 Å². The highest BCUT2D eigenvalue weighted by Crippen LogP contribution is 2.40. The van der Waals surface area contributed by atoms with Gasteiger partial charge in [-0.15, -0.1) is 0 Å². The molecule has 0 aliphatic rings. The van der Waals surface area contributed by atoms with Crippen LogP contribution in [0.4, 0.5) is 0 Å². The van der Waals surface area contributed by atoms with E-state index < -0.39 is 11.9 Å². The van der Waals surface area contributed by atoms with E-state index in [4.69, 9.17) is 47.4 Å². The minimum Gasteiger partial charge on any atom is -0.493 e. The molecule has 2 aromatic rings. The maximum absolute atomic E-state index is 12.4. The Kier molecular flexibility index (Phi) is 12.8. The first-order valence-electron chi connectivity index (χ1n) is 11.5. The topological polar surface area (TPSA) is 126 Å². The summed E-state index contributed by atoms with van der Waals surface area (Å²) in [6.45, 7) is 0.906. The average molecular weight is 539 g/mol. The van der Waals surface area contributed by atoms with Gasteiger partial charge in [0, 0.05) is 0 Å². The summed E-state index contributed by atoms with van der Waals surface area (Å²) in [4.78, 5) is 24.8. The molecular formula is C26H34O12. The Morgan fingerprint density at radius 2 is 0.816 bits per heavy atom. The number of hydrogen-bond acceptors (Lipinski definition) is 12. The normalized spacial score (nSPS) is 10.4. The van der Waals surface area contributed by atoms with Crippen molar-refractivity contribution in [2.45, 2.75) is 0 Å². The summed E-state index contributed by atoms with van der Waals surface area (Å²) >= 11 is 0. The number of hydrogen-bond donors (Lipinski definition) is 0. The van der Waals surface area contributed by atoms with Crippen molar-refractivity contribution in [1.29, 1.82) is 0 Å². The molecule has 210 valence electrons. The van der Waals surface area contributed by atoms with Gasteiger partial charge >= 0.3 is 11.9 Å². The van der Waals surface area contributed by atoms with Gasteiger partial charge in [0.25, 0.3) is 0 Å². The van der Waals surface area contributed by atoms with Gasteiger partial charge < -0.3 is 47.4 Å². The Balaban J connectivity index is 1.66. The molecule has 0 saturated heterocycles. The fourth-order valence-electron chi connectivity index (χ4n) is 3.39. The molecule has 0 N–H and O–H groups in total. The minimum atomic E-state index is -0.587. The van der Waals surface area contributed by atoms with Gasteiger partial charge in [-0.3, -0.25) is 0 Å². The summed E-state index contributed by atoms with van der Waals surface area (Å²) in [5.41, 5.74) is 0.405. The Morgan fingerprint density at radius 3 is 1.13 bits per heavy atom. The Hall–Kier alpha value is -3.90. The van der Waals surface area contributed by atoms with Crippen LogP contribution in [0.5, 0.6) is 34.5 Å². The van der Waals surface area contributed by atoms with Gasteiger partial charge in [0.15, 0.2) is 23.0 Å². The van der Waals surface area contributed by atoms with Crippen LogP contribution in [-0.4, -0.2) is 94.2 Å². The highest BCUT2D eigenvalue weighted by molar-refractivity contribution is 5.94. The number of ether oxygens (including phenoxy) is 10. The van der Waals surface area contributed by atoms with Gasteiger partial charge in [0.05, 0.1) is 69.1 Å². The predicted molar refractivity (Wildman–Crippen MR) is 134 cm³/mol. The number of carbonyl (C=O) groups is 2. The Labute approximate surface area is 221 Å². The fraction of sp³-hybridized carbons (Fsp3) is 0.462. The van der Waals surface area contributed by atoms with Crippen molar-refractivity contribution in [3.63, 3.8) is 0 Å². The number of benzene rings is 2. The molecule has 2 rings (SSSR count). The molecule has 12 nitrogen and oxygen atoms in total. The van der Waals surface area contributed by atoms with Crippen LogP contribution in [0.1, 0.15) is 20.7 Å². The fourth-order valence-corrected chi connectivity index (χ4v) is 3.39. The average Bonchev–Trinajstić information content (AvgIpc) is 2.95. The monoisotopic (exact) mass is 538 g/mol. The summed E-state index contributed by atoms with van der Waals surface area (Å²) in [6, 6.07) is 6.25. The molecule has 12 heteroatoms. The molecular weight excluding hydrogens is 504 g/mol. The predicted octanol–water partition coefficient (Wildman–Crippen LogP) is 2.79. The van der Waals surface area contributed by atoms with Crippen molar-refractivity contribution >= 4 is 11.9 Å². The first-order valence-corrected chi connectivity index (χ1v) is 11.5. The van der Waals surface area contributed by atoms with Crippen LogP contribution in [0.15, 0.2) is 24.3 Å². The quantitative estimate of drug-likeness (QED) is 0.217. The maximum Gasteiger partial charge on any atom is 0.342 e. The molecule has 0 spiro atoms. The highest BCUT2D eigenvalue weighted by Gasteiger charge is 2.22. The van der Waals surface area contributed by atoms with E-state index in [9.17, 15) is 9.59 Å². The van der Waals surface area contributed by atoms with Gasteiger partial charge in [0.2, 0.25) is 11.5 Å². The summed E-state index contributed by atoms with van der Waals surface area (Å²) in [6.07, 6.45) is 0. The molecule has 0 heterocycles. The molecule has 0 aliphatic heterocycles. The molecule has 0 saturated carbocycles. The lowest BCUT2D eigenvalue weighted by atomic mass is 10.1. The summed E-state index contributed by atoms with van der Waals surface area (Å²) in [5, 5.41) is 0. The van der Waals surface area contributed by atoms with Crippen molar-refractivity contribution in [3.8, 4) is 34.5 Å². The molecule has 0 aromatic heterocycles. The van der Waals surface area contributed by atoms with Gasteiger partial charge in [-0.05, 0) is 24.3 Å². The van der Waals surface area contributed by atoms with E-state index in [0.717, 1.165) is 0 Å². The van der Waals surface area contributed by atoms with E-state index in [1.807, 2.05) is 0 Å². The molecule has 0 aliphatic carbocycles. The third-order valence-corrected chi connectivity index (χ3v) is 5.14. The Morgan fingerprint density at radius 1 is 0.474 bits per heavy atom. The van der Waals surface area contributed by atoms with Gasteiger partial charge in [-0.2, -0.15) is 0 Å². The zero-order valence-electron chi connectivity index (χ0n) is 22.5. The summed E-state index contributed by atoms with van der Waals surface area (Å²) < 4.78 is 52.8. The molecule has 38 heavy (non-hydrogen) atoms. The highest BCUT2D eigenvalue weighted by atomic mass is 16.6. The second kappa shape index (κ2) is 16.0. The maximum atomic E-state index is 12.4. The van der Waals surface area contributed by atoms with E-state index >= 15 is 0 Å². The van der Waals surface area contributed by atoms with E-state index in [0.29, 0.717) is 23.0 Å². The van der Waals surface area contributed by atoms with Crippen molar-refractivity contribution in [2.24, 2.45) is 0 Å². The zero-order valence-corrected chi connectivity index (χ0v) is 22.5. The smallest absolute Gasteiger partial charge is 0.342 e. The Bertz CT molecular complexity index is 970. The second-order valence-corrected chi connectivity index (χ2v) is 7.26. The number of rotatable bonds is 17. The first-order chi connectivity index (χ1) is 18.5. The van der Waals surface area contributed by atoms with Gasteiger partial charge in [0.1, 0.15) is 24.3 Å². The first kappa shape index (κ1) is 30.3. The van der Waals surface area contributed by atoms with Crippen LogP contribution in [0, 0.1) is 0 Å². The lowest BCUT2D eigenvalue weighted by Crippen LogP contribution is -2.16. The van der Waals surface area contributed by atoms with E-state index in [-0.39, 0.29) is 62.3 Å². The van der Waals surface area contributed by atoms with Crippen molar-refractivity contribution in [3.05, 3.63) is 35.4 Å². The number of methoxy groups -OCH3 is 6. The second-order valence-electron chi connectivity index (χ2n) is 7.26. The standard InChI is InChI=1S/C26H34O12/c1-29-19-9-7-17(21(31-3)23(19)33-5)25(27)37-15-13-35-11-12-36-14-16-38-26(28)18-8-10-20(30-2)24(34-6)22(18)32-4/h7-10H,11-16H2,1-6H3. The minimum absolute atomic E-state index is 0.0289. The van der Waals surface area contributed by atoms with Crippen molar-refractivity contribution in [2.75, 3.05) is 82.3 Å². The van der Waals surface area contributed by atoms with Crippen LogP contribution in [0.3, 0.4) is 0 Å². The van der Waals surface area contributed by atoms with Gasteiger partial charge in [-0.1, -0.05) is 0 Å². The third-order valence-electron chi connectivity index (χ3n) is 5.14. The zero-order chi connectivity index (χ0) is 27.9. The largest absolute Gasteiger partial charge is 0.493 e. The lowest BCUT2D eigenvalue weighted by Gasteiger charge is -2.15. The molecule has 0 radical (unpaired) electrons. The van der Waals surface area contributed by atoms with E-state index in [1.165, 1.54) is 54.8 Å². The van der Waals surface area contributed by atoms with E-state index in [1.54, 1.807) is 12.1 Å². The van der Waals surface area contributed by atoms with Crippen LogP contribution < -0.4 is 28.4 Å². The van der Waals surface area contributed by atoms with Gasteiger partial charge in [-0.25, -0.2) is 9.59 Å². The number of carbonyl (C=O) groups excluding carboxylic acids is 2. The summed E-state index contributed by atoms with van der Waals surface area (Å²) in [7, 11) is 8.72. The van der Waals surface area contributed by atoms with Crippen LogP contribution in [-0.2, 0) is 18.9 Å². The van der Waals surface area contributed by atoms with Crippen LogP contribution in [0.2, 0.25) is 0 Å². The lowest BCUT2D eigenvalue weighted by molar-refractivity contribution is 0.00211. The molecule has 0 bridgehead atoms. The van der Waals surface area contributed by atoms with E-state index in [2.05, 4.69) is 0 Å². The third kappa shape index (κ3) is 7.80. The molecule has 0 amide bonds. The summed E-state index contributed by atoms with van der Waals surface area (Å²) in [5.74, 6) is 0.719. The van der Waals surface area contributed by atoms with Crippen LogP contribution >= 0.6 is 0 Å². The van der Waals surface area contributed by atoms with Crippen molar-refractivity contribution in [1.82, 2.24) is 0 Å². The SMILES string of the molecule is COc1ccc(C(=O)OCCOCCOCCOC(=O)c2ccc(OC)c(OC)c2OC)c(OC)c1OC. The molecule has 0 fully saturated rings. The van der Waals surface area contributed by atoms with Crippen molar-refractivity contribution < 1.29 is 57.0 Å². The molecule has 0 atom stereocenters.